The van der Waals surface area contributed by atoms with Crippen LogP contribution in [-0.2, 0) is 16.0 Å². The van der Waals surface area contributed by atoms with Gasteiger partial charge in [-0.2, -0.15) is 0 Å². The van der Waals surface area contributed by atoms with E-state index in [0.717, 1.165) is 11.4 Å². The third-order valence-corrected chi connectivity index (χ3v) is 3.47. The Kier molecular flexibility index (Phi) is 3.38. The van der Waals surface area contributed by atoms with Gasteiger partial charge in [0.05, 0.1) is 25.7 Å². The average Bonchev–Trinajstić information content (AvgIpc) is 2.71. The molecule has 0 spiro atoms. The number of nitrogens with zero attached hydrogens (tertiary/aromatic N) is 1. The average molecular weight is 225 g/mol. The summed E-state index contributed by atoms with van der Waals surface area (Å²) in [6, 6.07) is 4.20. The van der Waals surface area contributed by atoms with Gasteiger partial charge in [0.15, 0.2) is 0 Å². The van der Waals surface area contributed by atoms with Gasteiger partial charge in [-0.15, -0.1) is 11.3 Å². The molecule has 1 aliphatic rings. The van der Waals surface area contributed by atoms with Gasteiger partial charge < -0.3 is 9.64 Å². The molecule has 1 saturated heterocycles. The summed E-state index contributed by atoms with van der Waals surface area (Å²) < 4.78 is 5.31. The molecule has 0 aliphatic carbocycles. The Labute approximate surface area is 93.7 Å². The Balaban J connectivity index is 1.95. The number of morpholine rings is 1. The first kappa shape index (κ1) is 10.6. The summed E-state index contributed by atoms with van der Waals surface area (Å²) in [6.45, 7) is 4.09. The lowest BCUT2D eigenvalue weighted by molar-refractivity contribution is -0.138. The van der Waals surface area contributed by atoms with E-state index in [1.807, 2.05) is 29.3 Å². The van der Waals surface area contributed by atoms with Crippen LogP contribution in [0.4, 0.5) is 0 Å². The highest BCUT2D eigenvalue weighted by molar-refractivity contribution is 7.10. The normalized spacial score (nSPS) is 21.7. The second kappa shape index (κ2) is 4.77. The molecule has 0 N–H and O–H groups in total. The smallest absolute Gasteiger partial charge is 0.228 e. The van der Waals surface area contributed by atoms with E-state index in [1.54, 1.807) is 11.3 Å². The molecule has 1 aromatic rings. The Morgan fingerprint density at radius 3 is 3.27 bits per heavy atom. The third-order valence-electron chi connectivity index (χ3n) is 2.59. The Morgan fingerprint density at radius 1 is 1.73 bits per heavy atom. The number of carbonyl (C=O) groups excluding carboxylic acids is 1. The minimum atomic E-state index is 0.214. The minimum absolute atomic E-state index is 0.214. The van der Waals surface area contributed by atoms with E-state index in [0.29, 0.717) is 19.6 Å². The Hall–Kier alpha value is -0.870. The van der Waals surface area contributed by atoms with Crippen molar-refractivity contribution in [2.45, 2.75) is 19.4 Å². The molecule has 0 unspecified atom stereocenters. The lowest BCUT2D eigenvalue weighted by Gasteiger charge is -2.33. The quantitative estimate of drug-likeness (QED) is 0.764. The van der Waals surface area contributed by atoms with Gasteiger partial charge in [0.2, 0.25) is 5.91 Å². The molecule has 1 fully saturated rings. The first-order valence-corrected chi connectivity index (χ1v) is 6.05. The second-order valence-electron chi connectivity index (χ2n) is 3.77. The molecular weight excluding hydrogens is 210 g/mol. The monoisotopic (exact) mass is 225 g/mol. The zero-order valence-corrected chi connectivity index (χ0v) is 9.63. The highest BCUT2D eigenvalue weighted by Gasteiger charge is 2.23. The van der Waals surface area contributed by atoms with Crippen molar-refractivity contribution >= 4 is 17.2 Å². The van der Waals surface area contributed by atoms with E-state index in [-0.39, 0.29) is 11.9 Å². The van der Waals surface area contributed by atoms with Crippen LogP contribution in [0.3, 0.4) is 0 Å². The molecule has 1 atom stereocenters. The number of carbonyl (C=O) groups is 1. The van der Waals surface area contributed by atoms with E-state index >= 15 is 0 Å². The predicted octanol–water partition coefficient (Wildman–Crippen LogP) is 1.54. The summed E-state index contributed by atoms with van der Waals surface area (Å²) >= 11 is 1.64. The van der Waals surface area contributed by atoms with Crippen LogP contribution in [-0.4, -0.2) is 36.6 Å². The number of hydrogen-bond donors (Lipinski definition) is 0. The van der Waals surface area contributed by atoms with E-state index in [2.05, 4.69) is 0 Å². The number of amides is 1. The fourth-order valence-electron chi connectivity index (χ4n) is 1.76. The lowest BCUT2D eigenvalue weighted by Crippen LogP contribution is -2.47. The van der Waals surface area contributed by atoms with Gasteiger partial charge in [-0.25, -0.2) is 0 Å². The first-order valence-electron chi connectivity index (χ1n) is 5.17. The maximum absolute atomic E-state index is 12.0. The van der Waals surface area contributed by atoms with E-state index in [1.165, 1.54) is 0 Å². The second-order valence-corrected chi connectivity index (χ2v) is 4.80. The topological polar surface area (TPSA) is 29.5 Å². The van der Waals surface area contributed by atoms with Crippen molar-refractivity contribution < 1.29 is 9.53 Å². The Morgan fingerprint density at radius 2 is 2.60 bits per heavy atom. The summed E-state index contributed by atoms with van der Waals surface area (Å²) in [5.41, 5.74) is 0. The Bertz CT molecular complexity index is 323. The minimum Gasteiger partial charge on any atom is -0.377 e. The van der Waals surface area contributed by atoms with Crippen molar-refractivity contribution in [1.82, 2.24) is 4.90 Å². The number of thiophene rings is 1. The SMILES string of the molecule is C[C@H]1COCCN1C(=O)Cc1cccs1. The van der Waals surface area contributed by atoms with Crippen molar-refractivity contribution in [2.24, 2.45) is 0 Å². The predicted molar refractivity (Wildman–Crippen MR) is 60.0 cm³/mol. The molecule has 1 aliphatic heterocycles. The van der Waals surface area contributed by atoms with Crippen molar-refractivity contribution in [3.8, 4) is 0 Å². The van der Waals surface area contributed by atoms with Gasteiger partial charge in [0, 0.05) is 11.4 Å². The first-order chi connectivity index (χ1) is 7.27. The zero-order valence-electron chi connectivity index (χ0n) is 8.81. The molecule has 2 heterocycles. The molecule has 0 bridgehead atoms. The summed E-state index contributed by atoms with van der Waals surface area (Å²) in [5, 5.41) is 2.01. The van der Waals surface area contributed by atoms with E-state index in [9.17, 15) is 4.79 Å². The van der Waals surface area contributed by atoms with E-state index in [4.69, 9.17) is 4.74 Å². The van der Waals surface area contributed by atoms with Gasteiger partial charge in [0.25, 0.3) is 0 Å². The van der Waals surface area contributed by atoms with E-state index < -0.39 is 0 Å². The van der Waals surface area contributed by atoms with Crippen molar-refractivity contribution in [3.05, 3.63) is 22.4 Å². The molecule has 0 aromatic carbocycles. The van der Waals surface area contributed by atoms with Gasteiger partial charge in [-0.1, -0.05) is 6.07 Å². The molecule has 1 amide bonds. The van der Waals surface area contributed by atoms with Crippen LogP contribution < -0.4 is 0 Å². The maximum Gasteiger partial charge on any atom is 0.228 e. The molecule has 3 nitrogen and oxygen atoms in total. The van der Waals surface area contributed by atoms with Crippen LogP contribution in [0.25, 0.3) is 0 Å². The van der Waals surface area contributed by atoms with Crippen molar-refractivity contribution in [2.75, 3.05) is 19.8 Å². The molecule has 4 heteroatoms. The molecule has 0 saturated carbocycles. The van der Waals surface area contributed by atoms with Crippen LogP contribution >= 0.6 is 11.3 Å². The lowest BCUT2D eigenvalue weighted by atomic mass is 10.2. The summed E-state index contributed by atoms with van der Waals surface area (Å²) in [4.78, 5) is 15.0. The van der Waals surface area contributed by atoms with Gasteiger partial charge >= 0.3 is 0 Å². The number of hydrogen-bond acceptors (Lipinski definition) is 3. The molecular formula is C11H15NO2S. The van der Waals surface area contributed by atoms with Crippen molar-refractivity contribution in [1.29, 1.82) is 0 Å². The molecule has 1 aromatic heterocycles. The summed E-state index contributed by atoms with van der Waals surface area (Å²) in [7, 11) is 0. The van der Waals surface area contributed by atoms with Crippen LogP contribution in [0, 0.1) is 0 Å². The number of ether oxygens (including phenoxy) is 1. The van der Waals surface area contributed by atoms with Gasteiger partial charge in [0.1, 0.15) is 0 Å². The highest BCUT2D eigenvalue weighted by atomic mass is 32.1. The third kappa shape index (κ3) is 2.58. The molecule has 15 heavy (non-hydrogen) atoms. The van der Waals surface area contributed by atoms with Gasteiger partial charge in [-0.3, -0.25) is 4.79 Å². The zero-order chi connectivity index (χ0) is 10.7. The fourth-order valence-corrected chi connectivity index (χ4v) is 2.46. The highest BCUT2D eigenvalue weighted by Crippen LogP contribution is 2.13. The van der Waals surface area contributed by atoms with Crippen molar-refractivity contribution in [3.63, 3.8) is 0 Å². The summed E-state index contributed by atoms with van der Waals surface area (Å²) in [5.74, 6) is 0.216. The van der Waals surface area contributed by atoms with Crippen LogP contribution in [0.15, 0.2) is 17.5 Å². The van der Waals surface area contributed by atoms with Crippen LogP contribution in [0.2, 0.25) is 0 Å². The fraction of sp³-hybridized carbons (Fsp3) is 0.545. The molecule has 2 rings (SSSR count). The summed E-state index contributed by atoms with van der Waals surface area (Å²) in [6.07, 6.45) is 0.530. The standard InChI is InChI=1S/C11H15NO2S/c1-9-8-14-5-4-12(9)11(13)7-10-3-2-6-15-10/h2-3,6,9H,4-5,7-8H2,1H3/t9-/m0/s1. The molecule has 0 radical (unpaired) electrons. The maximum atomic E-state index is 12.0. The van der Waals surface area contributed by atoms with Crippen LogP contribution in [0.1, 0.15) is 11.8 Å². The van der Waals surface area contributed by atoms with Gasteiger partial charge in [-0.05, 0) is 18.4 Å². The van der Waals surface area contributed by atoms with Crippen LogP contribution in [0.5, 0.6) is 0 Å². The molecule has 82 valence electrons. The number of rotatable bonds is 2. The largest absolute Gasteiger partial charge is 0.377 e.